The van der Waals surface area contributed by atoms with Gasteiger partial charge in [0, 0.05) is 24.9 Å². The van der Waals surface area contributed by atoms with Gasteiger partial charge in [-0.15, -0.1) is 0 Å². The average molecular weight is 390 g/mol. The number of anilines is 1. The Balaban J connectivity index is 1.88. The van der Waals surface area contributed by atoms with E-state index in [-0.39, 0.29) is 18.0 Å². The Hall–Kier alpha value is -1.75. The summed E-state index contributed by atoms with van der Waals surface area (Å²) >= 11 is 0. The van der Waals surface area contributed by atoms with Gasteiger partial charge in [0.05, 0.1) is 5.92 Å². The number of hydrogen-bond donors (Lipinski definition) is 1. The zero-order valence-corrected chi connectivity index (χ0v) is 17.8. The highest BCUT2D eigenvalue weighted by atomic mass is 16.6. The number of hydrogen-bond acceptors (Lipinski definition) is 5. The lowest BCUT2D eigenvalue weighted by molar-refractivity contribution is -0.189. The molecule has 5 nitrogen and oxygen atoms in total. The monoisotopic (exact) mass is 389 g/mol. The van der Waals surface area contributed by atoms with Gasteiger partial charge in [0.25, 0.3) is 0 Å². The molecule has 1 aromatic carbocycles. The SMILES string of the molecule is CCCCOC1c2cc(NC)ccc2OC(C)(C)C1OC(=O)C1CCCCC1. The molecule has 1 aliphatic heterocycles. The lowest BCUT2D eigenvalue weighted by Gasteiger charge is -2.44. The highest BCUT2D eigenvalue weighted by Gasteiger charge is 2.48. The van der Waals surface area contributed by atoms with Gasteiger partial charge in [-0.05, 0) is 51.3 Å². The Bertz CT molecular complexity index is 667. The minimum Gasteiger partial charge on any atom is -0.483 e. The largest absolute Gasteiger partial charge is 0.483 e. The van der Waals surface area contributed by atoms with Crippen LogP contribution in [0.3, 0.4) is 0 Å². The van der Waals surface area contributed by atoms with E-state index >= 15 is 0 Å². The number of benzene rings is 1. The maximum absolute atomic E-state index is 12.9. The zero-order chi connectivity index (χ0) is 20.1. The fourth-order valence-electron chi connectivity index (χ4n) is 4.18. The first-order chi connectivity index (χ1) is 13.5. The standard InChI is InChI=1S/C23H35NO4/c1-5-6-14-26-20-18-15-17(24-4)12-13-19(18)28-23(2,3)21(20)27-22(25)16-10-8-7-9-11-16/h12-13,15-16,20-21,24H,5-11,14H2,1-4H3. The molecule has 0 aromatic heterocycles. The fourth-order valence-corrected chi connectivity index (χ4v) is 4.18. The minimum atomic E-state index is -0.657. The van der Waals surface area contributed by atoms with Gasteiger partial charge < -0.3 is 19.5 Å². The maximum Gasteiger partial charge on any atom is 0.309 e. The summed E-state index contributed by atoms with van der Waals surface area (Å²) in [4.78, 5) is 12.9. The van der Waals surface area contributed by atoms with Crippen LogP contribution in [0.25, 0.3) is 0 Å². The van der Waals surface area contributed by atoms with E-state index in [1.807, 2.05) is 39.1 Å². The molecule has 3 rings (SSSR count). The summed E-state index contributed by atoms with van der Waals surface area (Å²) in [6.07, 6.45) is 6.51. The van der Waals surface area contributed by atoms with Crippen molar-refractivity contribution < 1.29 is 19.0 Å². The molecule has 2 aliphatic rings. The molecule has 1 heterocycles. The molecular formula is C23H35NO4. The Morgan fingerprint density at radius 3 is 2.68 bits per heavy atom. The first-order valence-corrected chi connectivity index (χ1v) is 10.8. The van der Waals surface area contributed by atoms with Gasteiger partial charge in [-0.1, -0.05) is 32.6 Å². The first-order valence-electron chi connectivity index (χ1n) is 10.8. The highest BCUT2D eigenvalue weighted by molar-refractivity contribution is 5.73. The highest BCUT2D eigenvalue weighted by Crippen LogP contribution is 2.45. The zero-order valence-electron chi connectivity index (χ0n) is 17.8. The Morgan fingerprint density at radius 1 is 1.25 bits per heavy atom. The van der Waals surface area contributed by atoms with E-state index in [2.05, 4.69) is 12.2 Å². The first kappa shape index (κ1) is 21.0. The van der Waals surface area contributed by atoms with Gasteiger partial charge in [-0.25, -0.2) is 0 Å². The third kappa shape index (κ3) is 4.62. The number of carbonyl (C=O) groups is 1. The van der Waals surface area contributed by atoms with Gasteiger partial charge in [-0.3, -0.25) is 4.79 Å². The van der Waals surface area contributed by atoms with Crippen molar-refractivity contribution in [3.05, 3.63) is 23.8 Å². The molecule has 1 aliphatic carbocycles. The summed E-state index contributed by atoms with van der Waals surface area (Å²) < 4.78 is 18.7. The fraction of sp³-hybridized carbons (Fsp3) is 0.696. The minimum absolute atomic E-state index is 0.00545. The molecular weight excluding hydrogens is 354 g/mol. The third-order valence-corrected chi connectivity index (χ3v) is 5.92. The lowest BCUT2D eigenvalue weighted by atomic mass is 9.86. The summed E-state index contributed by atoms with van der Waals surface area (Å²) in [5.74, 6) is 0.708. The Kier molecular flexibility index (Phi) is 6.86. The Morgan fingerprint density at radius 2 is 2.00 bits per heavy atom. The van der Waals surface area contributed by atoms with Gasteiger partial charge >= 0.3 is 5.97 Å². The number of fused-ring (bicyclic) bond motifs is 1. The number of nitrogens with one attached hydrogen (secondary N) is 1. The van der Waals surface area contributed by atoms with Crippen LogP contribution in [0.5, 0.6) is 5.75 Å². The normalized spacial score (nSPS) is 24.1. The van der Waals surface area contributed by atoms with E-state index in [0.717, 1.165) is 55.5 Å². The second-order valence-electron chi connectivity index (χ2n) is 8.55. The van der Waals surface area contributed by atoms with Crippen LogP contribution < -0.4 is 10.1 Å². The van der Waals surface area contributed by atoms with Crippen LogP contribution in [-0.2, 0) is 14.3 Å². The number of unbranched alkanes of at least 4 members (excludes halogenated alkanes) is 1. The van der Waals surface area contributed by atoms with Crippen molar-refractivity contribution in [2.45, 2.75) is 83.5 Å². The molecule has 1 N–H and O–H groups in total. The predicted octanol–water partition coefficient (Wildman–Crippen LogP) is 5.25. The topological polar surface area (TPSA) is 56.8 Å². The van der Waals surface area contributed by atoms with E-state index in [1.54, 1.807) is 0 Å². The molecule has 156 valence electrons. The van der Waals surface area contributed by atoms with Crippen molar-refractivity contribution >= 4 is 11.7 Å². The molecule has 28 heavy (non-hydrogen) atoms. The average Bonchev–Trinajstić information content (AvgIpc) is 2.70. The maximum atomic E-state index is 12.9. The van der Waals surface area contributed by atoms with E-state index in [4.69, 9.17) is 14.2 Å². The van der Waals surface area contributed by atoms with Crippen LogP contribution in [-0.4, -0.2) is 31.3 Å². The van der Waals surface area contributed by atoms with Gasteiger partial charge in [-0.2, -0.15) is 0 Å². The molecule has 0 amide bonds. The third-order valence-electron chi connectivity index (χ3n) is 5.92. The number of ether oxygens (including phenoxy) is 3. The summed E-state index contributed by atoms with van der Waals surface area (Å²) in [5, 5.41) is 3.17. The van der Waals surface area contributed by atoms with E-state index in [1.165, 1.54) is 6.42 Å². The van der Waals surface area contributed by atoms with Crippen LogP contribution in [0, 0.1) is 5.92 Å². The molecule has 0 bridgehead atoms. The van der Waals surface area contributed by atoms with Crippen LogP contribution >= 0.6 is 0 Å². The molecule has 0 saturated heterocycles. The predicted molar refractivity (Wildman–Crippen MR) is 111 cm³/mol. The lowest BCUT2D eigenvalue weighted by Crippen LogP contribution is -2.52. The summed E-state index contributed by atoms with van der Waals surface area (Å²) in [6.45, 7) is 6.75. The molecule has 5 heteroatoms. The van der Waals surface area contributed by atoms with Crippen molar-refractivity contribution in [2.75, 3.05) is 19.0 Å². The van der Waals surface area contributed by atoms with Gasteiger partial charge in [0.2, 0.25) is 0 Å². The summed E-state index contributed by atoms with van der Waals surface area (Å²) in [6, 6.07) is 6.01. The van der Waals surface area contributed by atoms with Crippen molar-refractivity contribution in [1.29, 1.82) is 0 Å². The van der Waals surface area contributed by atoms with Crippen LogP contribution in [0.2, 0.25) is 0 Å². The second kappa shape index (κ2) is 9.17. The number of carbonyl (C=O) groups excluding carboxylic acids is 1. The van der Waals surface area contributed by atoms with Gasteiger partial charge in [0.1, 0.15) is 17.5 Å². The van der Waals surface area contributed by atoms with E-state index in [0.29, 0.717) is 6.61 Å². The van der Waals surface area contributed by atoms with Crippen molar-refractivity contribution in [2.24, 2.45) is 5.92 Å². The van der Waals surface area contributed by atoms with Crippen molar-refractivity contribution in [3.8, 4) is 5.75 Å². The molecule has 1 aromatic rings. The quantitative estimate of drug-likeness (QED) is 0.510. The molecule has 0 radical (unpaired) electrons. The van der Waals surface area contributed by atoms with Gasteiger partial charge in [0.15, 0.2) is 6.10 Å². The van der Waals surface area contributed by atoms with E-state index < -0.39 is 11.7 Å². The summed E-state index contributed by atoms with van der Waals surface area (Å²) in [7, 11) is 1.89. The van der Waals surface area contributed by atoms with Crippen molar-refractivity contribution in [1.82, 2.24) is 0 Å². The van der Waals surface area contributed by atoms with Crippen molar-refractivity contribution in [3.63, 3.8) is 0 Å². The number of esters is 1. The van der Waals surface area contributed by atoms with Crippen LogP contribution in [0.15, 0.2) is 18.2 Å². The molecule has 0 spiro atoms. The molecule has 2 unspecified atom stereocenters. The number of rotatable bonds is 7. The smallest absolute Gasteiger partial charge is 0.309 e. The summed E-state index contributed by atoms with van der Waals surface area (Å²) in [5.41, 5.74) is 1.28. The van der Waals surface area contributed by atoms with Crippen LogP contribution in [0.4, 0.5) is 5.69 Å². The van der Waals surface area contributed by atoms with E-state index in [9.17, 15) is 4.79 Å². The van der Waals surface area contributed by atoms with Crippen LogP contribution in [0.1, 0.15) is 77.4 Å². The Labute approximate surface area is 169 Å². The molecule has 1 saturated carbocycles. The molecule has 1 fully saturated rings. The molecule has 2 atom stereocenters. The second-order valence-corrected chi connectivity index (χ2v) is 8.55.